The molecule has 19 aromatic rings. The molecule has 5 heterocycles. The van der Waals surface area contributed by atoms with Crippen molar-refractivity contribution in [3.8, 4) is 50.7 Å². The van der Waals surface area contributed by atoms with Crippen LogP contribution in [0.5, 0.6) is 0 Å². The molecule has 0 fully saturated rings. The standard InChI is InChI=1S/C88H53F3N6/c1-52-43-54(45-55(44-52)88(89,90)91)69-50-85(96-83-41-37-57(94-77-31-15-9-23-63(77)64-24-10-16-32-78(64)94)48-72(83)73-49-58(38-42-84(73)96)95-79-33-17-11-25-65(79)66-26-12-18-34-80(66)95)86(51-74(69)92-2)97-81-39-35-53(87-67-27-5-3-19-59(67)60-20-4-6-28-68(60)87)46-70(81)71-47-56(36-40-82(71)97)93-75-29-13-7-21-61(75)62-22-8-14-30-76(62)93/h3-51,87H,1H3. The van der Waals surface area contributed by atoms with E-state index in [2.05, 4.69) is 295 Å². The van der Waals surface area contributed by atoms with Crippen LogP contribution in [0.3, 0.4) is 0 Å². The summed E-state index contributed by atoms with van der Waals surface area (Å²) < 4.78 is 57.0. The lowest BCUT2D eigenvalue weighted by Crippen LogP contribution is -2.06. The van der Waals surface area contributed by atoms with E-state index in [-0.39, 0.29) is 11.6 Å². The van der Waals surface area contributed by atoms with E-state index in [0.29, 0.717) is 28.1 Å². The predicted octanol–water partition coefficient (Wildman–Crippen LogP) is 23.9. The lowest BCUT2D eigenvalue weighted by molar-refractivity contribution is -0.137. The lowest BCUT2D eigenvalue weighted by Gasteiger charge is -2.21. The zero-order valence-electron chi connectivity index (χ0n) is 52.2. The summed E-state index contributed by atoms with van der Waals surface area (Å²) in [7, 11) is 0. The van der Waals surface area contributed by atoms with Crippen molar-refractivity contribution < 1.29 is 13.2 Å². The molecule has 0 atom stereocenters. The SMILES string of the molecule is [C-]#[N+]c1cc(-n2c3ccc(C4c5ccccc5-c5ccccc54)cc3c3cc(-n4c5ccccc5c5ccccc54)ccc32)c(-n2c3ccc(-n4c5ccccc5c5ccccc54)cc3c3cc(-n4c5ccccc5c5ccccc54)ccc32)cc1-c1cc(C)cc(C(F)(F)F)c1. The Morgan fingerprint density at radius 3 is 1.04 bits per heavy atom. The number of hydrogen-bond donors (Lipinski definition) is 0. The van der Waals surface area contributed by atoms with Crippen LogP contribution >= 0.6 is 0 Å². The van der Waals surface area contributed by atoms with E-state index in [1.54, 1.807) is 13.0 Å². The third-order valence-corrected chi connectivity index (χ3v) is 20.6. The normalized spacial score (nSPS) is 12.7. The van der Waals surface area contributed by atoms with E-state index in [0.717, 1.165) is 132 Å². The Labute approximate surface area is 553 Å². The van der Waals surface area contributed by atoms with Gasteiger partial charge in [0, 0.05) is 76.8 Å². The van der Waals surface area contributed by atoms with Crippen molar-refractivity contribution in [2.45, 2.75) is 19.0 Å². The fraction of sp³-hybridized carbons (Fsp3) is 0.0341. The number of hydrogen-bond acceptors (Lipinski definition) is 0. The van der Waals surface area contributed by atoms with Gasteiger partial charge in [0.1, 0.15) is 0 Å². The van der Waals surface area contributed by atoms with Crippen LogP contribution in [0.4, 0.5) is 18.9 Å². The average molecular weight is 1250 g/mol. The van der Waals surface area contributed by atoms with Crippen LogP contribution in [-0.2, 0) is 6.18 Å². The van der Waals surface area contributed by atoms with Crippen molar-refractivity contribution >= 4 is 115 Å². The van der Waals surface area contributed by atoms with Crippen LogP contribution in [0.15, 0.2) is 297 Å². The highest BCUT2D eigenvalue weighted by atomic mass is 19.4. The monoisotopic (exact) mass is 1250 g/mol. The molecule has 0 bridgehead atoms. The summed E-state index contributed by atoms with van der Waals surface area (Å²) in [5.41, 5.74) is 21.0. The predicted molar refractivity (Wildman–Crippen MR) is 392 cm³/mol. The molecule has 6 nitrogen and oxygen atoms in total. The molecule has 97 heavy (non-hydrogen) atoms. The summed E-state index contributed by atoms with van der Waals surface area (Å²) in [6, 6.07) is 104. The van der Waals surface area contributed by atoms with Crippen LogP contribution in [0.25, 0.3) is 165 Å². The zero-order chi connectivity index (χ0) is 64.5. The molecule has 9 heteroatoms. The summed E-state index contributed by atoms with van der Waals surface area (Å²) in [6.45, 7) is 10.8. The summed E-state index contributed by atoms with van der Waals surface area (Å²) >= 11 is 0. The van der Waals surface area contributed by atoms with E-state index >= 15 is 13.2 Å². The molecule has 0 unspecified atom stereocenters. The number of fused-ring (bicyclic) bond motifs is 18. The van der Waals surface area contributed by atoms with Crippen LogP contribution in [0.2, 0.25) is 0 Å². The van der Waals surface area contributed by atoms with Crippen molar-refractivity contribution in [1.29, 1.82) is 0 Å². The van der Waals surface area contributed by atoms with Crippen LogP contribution in [-0.4, -0.2) is 22.8 Å². The molecule has 5 aromatic heterocycles. The zero-order valence-corrected chi connectivity index (χ0v) is 52.2. The fourth-order valence-electron chi connectivity index (χ4n) is 16.6. The summed E-state index contributed by atoms with van der Waals surface area (Å²) in [5, 5.41) is 10.8. The van der Waals surface area contributed by atoms with E-state index < -0.39 is 11.7 Å². The highest BCUT2D eigenvalue weighted by Crippen LogP contribution is 2.51. The number of rotatable bonds is 7. The topological polar surface area (TPSA) is 29.0 Å². The minimum absolute atomic E-state index is 0.0485. The fourth-order valence-corrected chi connectivity index (χ4v) is 16.6. The Hall–Kier alpha value is -12.6. The molecule has 20 rings (SSSR count). The van der Waals surface area contributed by atoms with Crippen LogP contribution < -0.4 is 0 Å². The maximum absolute atomic E-state index is 15.1. The van der Waals surface area contributed by atoms with Crippen molar-refractivity contribution in [3.05, 3.63) is 336 Å². The van der Waals surface area contributed by atoms with Gasteiger partial charge in [-0.25, -0.2) is 4.85 Å². The average Bonchev–Trinajstić information content (AvgIpc) is 1.57. The number of para-hydroxylation sites is 6. The molecule has 0 aliphatic heterocycles. The molecule has 0 spiro atoms. The van der Waals surface area contributed by atoms with Gasteiger partial charge in [-0.05, 0) is 179 Å². The molecule has 456 valence electrons. The first kappa shape index (κ1) is 54.9. The van der Waals surface area contributed by atoms with E-state index in [4.69, 9.17) is 6.57 Å². The number of aromatic nitrogens is 5. The molecule has 0 radical (unpaired) electrons. The highest BCUT2D eigenvalue weighted by Gasteiger charge is 2.34. The minimum Gasteiger partial charge on any atom is -0.309 e. The van der Waals surface area contributed by atoms with Crippen molar-refractivity contribution in [2.24, 2.45) is 0 Å². The van der Waals surface area contributed by atoms with Gasteiger partial charge in [0.2, 0.25) is 0 Å². The molecular weight excluding hydrogens is 1200 g/mol. The molecular formula is C88H53F3N6. The minimum atomic E-state index is -4.64. The number of alkyl halides is 3. The highest BCUT2D eigenvalue weighted by molar-refractivity contribution is 6.17. The number of halogens is 3. The first-order valence-corrected chi connectivity index (χ1v) is 32.7. The summed E-state index contributed by atoms with van der Waals surface area (Å²) in [4.78, 5) is 4.28. The second kappa shape index (κ2) is 20.4. The number of benzene rings is 14. The third kappa shape index (κ3) is 7.96. The van der Waals surface area contributed by atoms with E-state index in [1.807, 2.05) is 12.1 Å². The Kier molecular flexibility index (Phi) is 11.6. The number of nitrogens with zero attached hydrogens (tertiary/aromatic N) is 6. The van der Waals surface area contributed by atoms with Crippen LogP contribution in [0, 0.1) is 13.5 Å². The molecule has 0 amide bonds. The molecule has 0 saturated heterocycles. The van der Waals surface area contributed by atoms with Gasteiger partial charge in [0.15, 0.2) is 5.69 Å². The van der Waals surface area contributed by atoms with Crippen molar-refractivity contribution in [2.75, 3.05) is 0 Å². The second-order valence-electron chi connectivity index (χ2n) is 25.8. The van der Waals surface area contributed by atoms with Gasteiger partial charge >= 0.3 is 6.18 Å². The molecule has 14 aromatic carbocycles. The van der Waals surface area contributed by atoms with E-state index in [9.17, 15) is 0 Å². The van der Waals surface area contributed by atoms with Gasteiger partial charge < -0.3 is 22.8 Å². The van der Waals surface area contributed by atoms with Gasteiger partial charge in [-0.1, -0.05) is 170 Å². The first-order chi connectivity index (χ1) is 47.6. The Balaban J connectivity index is 0.915. The quantitative estimate of drug-likeness (QED) is 0.142. The molecule has 1 aliphatic rings. The third-order valence-electron chi connectivity index (χ3n) is 20.6. The lowest BCUT2D eigenvalue weighted by atomic mass is 9.88. The Morgan fingerprint density at radius 1 is 0.309 bits per heavy atom. The summed E-state index contributed by atoms with van der Waals surface area (Å²) in [6.07, 6.45) is -4.64. The van der Waals surface area contributed by atoms with Crippen LogP contribution in [0.1, 0.15) is 33.7 Å². The largest absolute Gasteiger partial charge is 0.416 e. The Morgan fingerprint density at radius 2 is 0.649 bits per heavy atom. The summed E-state index contributed by atoms with van der Waals surface area (Å²) in [5.74, 6) is -0.0485. The van der Waals surface area contributed by atoms with Gasteiger partial charge in [0.25, 0.3) is 0 Å². The van der Waals surface area contributed by atoms with Gasteiger partial charge in [-0.2, -0.15) is 13.2 Å². The maximum Gasteiger partial charge on any atom is 0.416 e. The van der Waals surface area contributed by atoms with Crippen molar-refractivity contribution in [1.82, 2.24) is 22.8 Å². The van der Waals surface area contributed by atoms with Gasteiger partial charge in [-0.3, -0.25) is 0 Å². The molecule has 1 aliphatic carbocycles. The molecule has 0 N–H and O–H groups in total. The second-order valence-corrected chi connectivity index (χ2v) is 25.8. The Bertz CT molecular complexity index is 6300. The smallest absolute Gasteiger partial charge is 0.309 e. The molecule has 0 saturated carbocycles. The van der Waals surface area contributed by atoms with Gasteiger partial charge in [0.05, 0.1) is 78.7 Å². The van der Waals surface area contributed by atoms with Gasteiger partial charge in [-0.15, -0.1) is 0 Å². The first-order valence-electron chi connectivity index (χ1n) is 32.7. The number of aryl methyl sites for hydroxylation is 1. The maximum atomic E-state index is 15.1. The van der Waals surface area contributed by atoms with E-state index in [1.165, 1.54) is 34.4 Å². The van der Waals surface area contributed by atoms with Crippen molar-refractivity contribution in [3.63, 3.8) is 0 Å².